The van der Waals surface area contributed by atoms with Crippen LogP contribution in [0.4, 0.5) is 10.5 Å². The van der Waals surface area contributed by atoms with Gasteiger partial charge >= 0.3 is 6.09 Å². The van der Waals surface area contributed by atoms with Crippen LogP contribution in [0.3, 0.4) is 0 Å². The Morgan fingerprint density at radius 2 is 1.95 bits per heavy atom. The molecule has 1 aromatic rings. The van der Waals surface area contributed by atoms with E-state index in [2.05, 4.69) is 18.7 Å². The lowest BCUT2D eigenvalue weighted by molar-refractivity contribution is 0.157. The molecule has 1 saturated carbocycles. The van der Waals surface area contributed by atoms with Crippen molar-refractivity contribution in [2.24, 2.45) is 0 Å². The molecule has 22 heavy (non-hydrogen) atoms. The molecule has 0 aromatic heterocycles. The molecular formula is C18H23NO3. The minimum atomic E-state index is -0.288. The summed E-state index contributed by atoms with van der Waals surface area (Å²) in [5.74, 6) is 0.611. The van der Waals surface area contributed by atoms with Crippen molar-refractivity contribution >= 4 is 11.8 Å². The smallest absolute Gasteiger partial charge is 0.414 e. The van der Waals surface area contributed by atoms with Crippen LogP contribution in [0.2, 0.25) is 0 Å². The molecule has 0 N–H and O–H groups in total. The number of ether oxygens (including phenoxy) is 2. The lowest BCUT2D eigenvalue weighted by atomic mass is 9.82. The van der Waals surface area contributed by atoms with E-state index >= 15 is 0 Å². The van der Waals surface area contributed by atoms with Gasteiger partial charge in [-0.2, -0.15) is 0 Å². The van der Waals surface area contributed by atoms with E-state index in [1.165, 1.54) is 24.0 Å². The zero-order valence-electron chi connectivity index (χ0n) is 13.1. The van der Waals surface area contributed by atoms with Crippen LogP contribution >= 0.6 is 0 Å². The number of amides is 1. The lowest BCUT2D eigenvalue weighted by Gasteiger charge is -2.25. The van der Waals surface area contributed by atoms with Crippen LogP contribution in [0.25, 0.3) is 0 Å². The Morgan fingerprint density at radius 1 is 1.27 bits per heavy atom. The van der Waals surface area contributed by atoms with Crippen LogP contribution in [0.5, 0.6) is 0 Å². The third-order valence-electron chi connectivity index (χ3n) is 4.66. The Morgan fingerprint density at radius 3 is 2.59 bits per heavy atom. The highest BCUT2D eigenvalue weighted by atomic mass is 16.6. The average Bonchev–Trinajstić information content (AvgIpc) is 2.90. The summed E-state index contributed by atoms with van der Waals surface area (Å²) in [6.45, 7) is 4.95. The highest BCUT2D eigenvalue weighted by Crippen LogP contribution is 2.35. The van der Waals surface area contributed by atoms with Gasteiger partial charge in [0.15, 0.2) is 0 Å². The molecule has 4 heteroatoms. The number of carbonyl (C=O) groups excluding carboxylic acids is 1. The number of allylic oxidation sites excluding steroid dienone is 1. The molecule has 2 aliphatic rings. The van der Waals surface area contributed by atoms with E-state index in [-0.39, 0.29) is 12.1 Å². The number of methoxy groups -OCH3 is 1. The van der Waals surface area contributed by atoms with Crippen LogP contribution in [-0.4, -0.2) is 32.5 Å². The molecule has 0 bridgehead atoms. The highest BCUT2D eigenvalue weighted by molar-refractivity contribution is 5.90. The summed E-state index contributed by atoms with van der Waals surface area (Å²) in [6, 6.07) is 8.29. The zero-order chi connectivity index (χ0) is 15.5. The molecule has 1 aromatic carbocycles. The average molecular weight is 301 g/mol. The van der Waals surface area contributed by atoms with Crippen molar-refractivity contribution in [2.45, 2.75) is 37.6 Å². The van der Waals surface area contributed by atoms with Crippen LogP contribution in [0.15, 0.2) is 36.4 Å². The molecule has 118 valence electrons. The van der Waals surface area contributed by atoms with Crippen LogP contribution in [0.1, 0.15) is 37.2 Å². The van der Waals surface area contributed by atoms with Gasteiger partial charge in [0.05, 0.1) is 12.6 Å². The molecule has 1 aliphatic heterocycles. The van der Waals surface area contributed by atoms with Gasteiger partial charge in [-0.3, -0.25) is 4.90 Å². The first-order valence-corrected chi connectivity index (χ1v) is 7.90. The van der Waals surface area contributed by atoms with E-state index in [0.29, 0.717) is 19.1 Å². The summed E-state index contributed by atoms with van der Waals surface area (Å²) >= 11 is 0. The number of nitrogens with zero attached hydrogens (tertiary/aromatic N) is 1. The van der Waals surface area contributed by atoms with Gasteiger partial charge in [0, 0.05) is 12.8 Å². The molecule has 1 saturated heterocycles. The number of anilines is 1. The standard InChI is InChI=1S/C18H23NO3/c1-13-3-5-14(6-4-13)15-7-9-16(10-8-15)19-17(11-21-2)12-22-18(19)20/h7-10,14,17H,1,3-6,11-12H2,2H3. The second kappa shape index (κ2) is 6.53. The van der Waals surface area contributed by atoms with Crippen molar-refractivity contribution in [1.82, 2.24) is 0 Å². The first kappa shape index (κ1) is 15.1. The number of rotatable bonds is 4. The normalized spacial score (nSPS) is 23.0. The van der Waals surface area contributed by atoms with Gasteiger partial charge in [0.1, 0.15) is 6.61 Å². The molecule has 1 aliphatic carbocycles. The number of hydrogen-bond donors (Lipinski definition) is 0. The molecule has 1 unspecified atom stereocenters. The molecule has 0 radical (unpaired) electrons. The van der Waals surface area contributed by atoms with Gasteiger partial charge in [-0.1, -0.05) is 24.3 Å². The Kier molecular flexibility index (Phi) is 4.48. The van der Waals surface area contributed by atoms with Crippen molar-refractivity contribution in [3.8, 4) is 0 Å². The molecule has 1 amide bonds. The van der Waals surface area contributed by atoms with Gasteiger partial charge in [-0.05, 0) is 49.3 Å². The number of benzene rings is 1. The number of hydrogen-bond acceptors (Lipinski definition) is 3. The van der Waals surface area contributed by atoms with E-state index < -0.39 is 0 Å². The predicted molar refractivity (Wildman–Crippen MR) is 86.3 cm³/mol. The topological polar surface area (TPSA) is 38.8 Å². The molecule has 2 fully saturated rings. The largest absolute Gasteiger partial charge is 0.447 e. The van der Waals surface area contributed by atoms with Gasteiger partial charge in [-0.15, -0.1) is 0 Å². The van der Waals surface area contributed by atoms with Crippen LogP contribution < -0.4 is 4.90 Å². The zero-order valence-corrected chi connectivity index (χ0v) is 13.1. The highest BCUT2D eigenvalue weighted by Gasteiger charge is 2.34. The van der Waals surface area contributed by atoms with Gasteiger partial charge in [-0.25, -0.2) is 4.79 Å². The van der Waals surface area contributed by atoms with Crippen molar-refractivity contribution < 1.29 is 14.3 Å². The molecular weight excluding hydrogens is 278 g/mol. The fraction of sp³-hybridized carbons (Fsp3) is 0.500. The first-order valence-electron chi connectivity index (χ1n) is 7.90. The SMILES string of the molecule is C=C1CCC(c2ccc(N3C(=O)OCC3COC)cc2)CC1. The van der Waals surface area contributed by atoms with Crippen molar-refractivity contribution in [3.05, 3.63) is 42.0 Å². The number of carbonyl (C=O) groups is 1. The third-order valence-corrected chi connectivity index (χ3v) is 4.66. The summed E-state index contributed by atoms with van der Waals surface area (Å²) in [6.07, 6.45) is 4.32. The monoisotopic (exact) mass is 301 g/mol. The van der Waals surface area contributed by atoms with E-state index in [4.69, 9.17) is 9.47 Å². The minimum Gasteiger partial charge on any atom is -0.447 e. The van der Waals surface area contributed by atoms with Gasteiger partial charge < -0.3 is 9.47 Å². The van der Waals surface area contributed by atoms with Crippen LogP contribution in [0, 0.1) is 0 Å². The minimum absolute atomic E-state index is 0.0404. The Labute approximate surface area is 131 Å². The first-order chi connectivity index (χ1) is 10.7. The van der Waals surface area contributed by atoms with Crippen LogP contribution in [-0.2, 0) is 9.47 Å². The maximum Gasteiger partial charge on any atom is 0.414 e. The number of cyclic esters (lactones) is 1. The molecule has 1 heterocycles. The predicted octanol–water partition coefficient (Wildman–Crippen LogP) is 3.87. The van der Waals surface area contributed by atoms with Crippen molar-refractivity contribution in [1.29, 1.82) is 0 Å². The second-order valence-electron chi connectivity index (χ2n) is 6.17. The summed E-state index contributed by atoms with van der Waals surface area (Å²) in [7, 11) is 1.64. The maximum absolute atomic E-state index is 11.9. The fourth-order valence-corrected chi connectivity index (χ4v) is 3.36. The Balaban J connectivity index is 1.73. The Bertz CT molecular complexity index is 542. The molecule has 4 nitrogen and oxygen atoms in total. The van der Waals surface area contributed by atoms with Gasteiger partial charge in [0.2, 0.25) is 0 Å². The summed E-state index contributed by atoms with van der Waals surface area (Å²) in [5.41, 5.74) is 3.61. The molecule has 3 rings (SSSR count). The van der Waals surface area contributed by atoms with Crippen molar-refractivity contribution in [2.75, 3.05) is 25.2 Å². The fourth-order valence-electron chi connectivity index (χ4n) is 3.36. The summed E-state index contributed by atoms with van der Waals surface area (Å²) in [5, 5.41) is 0. The third kappa shape index (κ3) is 3.02. The van der Waals surface area contributed by atoms with E-state index in [0.717, 1.165) is 18.5 Å². The molecule has 1 atom stereocenters. The summed E-state index contributed by atoms with van der Waals surface area (Å²) in [4.78, 5) is 13.6. The lowest BCUT2D eigenvalue weighted by Crippen LogP contribution is -2.36. The van der Waals surface area contributed by atoms with Crippen molar-refractivity contribution in [3.63, 3.8) is 0 Å². The Hall–Kier alpha value is -1.81. The van der Waals surface area contributed by atoms with E-state index in [1.807, 2.05) is 12.1 Å². The second-order valence-corrected chi connectivity index (χ2v) is 6.17. The van der Waals surface area contributed by atoms with Gasteiger partial charge in [0.25, 0.3) is 0 Å². The molecule has 0 spiro atoms. The van der Waals surface area contributed by atoms with E-state index in [1.54, 1.807) is 12.0 Å². The van der Waals surface area contributed by atoms with E-state index in [9.17, 15) is 4.79 Å². The maximum atomic E-state index is 11.9. The quantitative estimate of drug-likeness (QED) is 0.792. The summed E-state index contributed by atoms with van der Waals surface area (Å²) < 4.78 is 10.3.